The number of sulfonamides is 1. The summed E-state index contributed by atoms with van der Waals surface area (Å²) >= 11 is 0. The standard InChI is InChI=1S/C15H15BNO4S/c1-10(2)14-15(18)21-16-17(14)22(19,20)13-8-7-11-5-3-4-6-12(11)9-13/h3-10,14H,1-2H3. The second kappa shape index (κ2) is 5.41. The van der Waals surface area contributed by atoms with Gasteiger partial charge in [0.05, 0.1) is 4.90 Å². The van der Waals surface area contributed by atoms with Crippen LogP contribution in [0.3, 0.4) is 0 Å². The number of rotatable bonds is 3. The summed E-state index contributed by atoms with van der Waals surface area (Å²) in [6.45, 7) is 3.57. The Balaban J connectivity index is 2.06. The zero-order valence-electron chi connectivity index (χ0n) is 12.3. The molecule has 1 aliphatic rings. The van der Waals surface area contributed by atoms with E-state index >= 15 is 0 Å². The lowest BCUT2D eigenvalue weighted by Crippen LogP contribution is -2.42. The molecule has 0 spiro atoms. The van der Waals surface area contributed by atoms with Crippen LogP contribution in [0.15, 0.2) is 47.4 Å². The molecule has 1 saturated heterocycles. The largest absolute Gasteiger partial charge is 0.520 e. The molecule has 0 aliphatic carbocycles. The Morgan fingerprint density at radius 3 is 2.50 bits per heavy atom. The van der Waals surface area contributed by atoms with Crippen molar-refractivity contribution < 1.29 is 17.9 Å². The van der Waals surface area contributed by atoms with Gasteiger partial charge in [-0.05, 0) is 28.8 Å². The number of carbonyl (C=O) groups is 1. The van der Waals surface area contributed by atoms with Gasteiger partial charge in [-0.1, -0.05) is 44.2 Å². The van der Waals surface area contributed by atoms with Gasteiger partial charge in [-0.15, -0.1) is 0 Å². The van der Waals surface area contributed by atoms with Gasteiger partial charge in [0.25, 0.3) is 0 Å². The highest BCUT2D eigenvalue weighted by Crippen LogP contribution is 2.27. The molecule has 1 fully saturated rings. The summed E-state index contributed by atoms with van der Waals surface area (Å²) in [6, 6.07) is 11.6. The molecule has 0 aromatic heterocycles. The van der Waals surface area contributed by atoms with Crippen molar-refractivity contribution in [1.29, 1.82) is 0 Å². The summed E-state index contributed by atoms with van der Waals surface area (Å²) in [5, 5.41) is 1.79. The predicted octanol–water partition coefficient (Wildman–Crippen LogP) is 1.95. The molecular weight excluding hydrogens is 301 g/mol. The van der Waals surface area contributed by atoms with Crippen LogP contribution in [0.4, 0.5) is 0 Å². The van der Waals surface area contributed by atoms with E-state index in [1.54, 1.807) is 32.0 Å². The summed E-state index contributed by atoms with van der Waals surface area (Å²) in [7, 11) is -2.83. The van der Waals surface area contributed by atoms with E-state index in [1.165, 1.54) is 0 Å². The molecule has 113 valence electrons. The van der Waals surface area contributed by atoms with Crippen molar-refractivity contribution >= 4 is 34.4 Å². The SMILES string of the molecule is CC(C)C1C(=O)O[B]N1S(=O)(=O)c1ccc2ccccc2c1. The Morgan fingerprint density at radius 1 is 1.14 bits per heavy atom. The third-order valence-electron chi connectivity index (χ3n) is 3.72. The van der Waals surface area contributed by atoms with Crippen molar-refractivity contribution in [2.75, 3.05) is 0 Å². The molecule has 2 aromatic rings. The first-order valence-corrected chi connectivity index (χ1v) is 8.41. The molecule has 0 saturated carbocycles. The van der Waals surface area contributed by atoms with Crippen LogP contribution in [0, 0.1) is 5.92 Å². The number of carbonyl (C=O) groups excluding carboxylic acids is 1. The molecule has 1 atom stereocenters. The van der Waals surface area contributed by atoms with Gasteiger partial charge in [-0.3, -0.25) is 4.79 Å². The summed E-state index contributed by atoms with van der Waals surface area (Å²) in [4.78, 5) is 11.9. The molecule has 0 amide bonds. The molecule has 5 nitrogen and oxygen atoms in total. The van der Waals surface area contributed by atoms with E-state index in [9.17, 15) is 13.2 Å². The van der Waals surface area contributed by atoms with Crippen LogP contribution in [-0.2, 0) is 19.5 Å². The van der Waals surface area contributed by atoms with Crippen LogP contribution in [0.5, 0.6) is 0 Å². The van der Waals surface area contributed by atoms with Crippen molar-refractivity contribution in [2.24, 2.45) is 5.92 Å². The smallest absolute Gasteiger partial charge is 0.498 e. The molecule has 0 bridgehead atoms. The second-order valence-corrected chi connectivity index (χ2v) is 7.42. The van der Waals surface area contributed by atoms with Gasteiger partial charge in [-0.25, -0.2) is 8.42 Å². The molecule has 1 aliphatic heterocycles. The average molecular weight is 316 g/mol. The normalized spacial score (nSPS) is 19.4. The van der Waals surface area contributed by atoms with Crippen molar-refractivity contribution in [3.8, 4) is 0 Å². The molecule has 1 unspecified atom stereocenters. The summed E-state index contributed by atoms with van der Waals surface area (Å²) in [6.07, 6.45) is 0. The van der Waals surface area contributed by atoms with Gasteiger partial charge in [0.1, 0.15) is 6.04 Å². The molecule has 7 heteroatoms. The first kappa shape index (κ1) is 15.1. The average Bonchev–Trinajstić information content (AvgIpc) is 2.89. The van der Waals surface area contributed by atoms with E-state index in [0.29, 0.717) is 0 Å². The first-order valence-electron chi connectivity index (χ1n) is 6.97. The Hall–Kier alpha value is -1.86. The van der Waals surface area contributed by atoms with Crippen molar-refractivity contribution in [1.82, 2.24) is 4.22 Å². The third-order valence-corrected chi connectivity index (χ3v) is 5.43. The molecule has 3 rings (SSSR count). The minimum absolute atomic E-state index is 0.145. The minimum Gasteiger partial charge on any atom is -0.520 e. The van der Waals surface area contributed by atoms with Crippen LogP contribution < -0.4 is 0 Å². The van der Waals surface area contributed by atoms with Crippen LogP contribution in [-0.4, -0.2) is 32.3 Å². The van der Waals surface area contributed by atoms with Crippen molar-refractivity contribution in [3.63, 3.8) is 0 Å². The van der Waals surface area contributed by atoms with Gasteiger partial charge < -0.3 is 4.65 Å². The van der Waals surface area contributed by atoms with Gasteiger partial charge in [0.2, 0.25) is 10.0 Å². The highest BCUT2D eigenvalue weighted by atomic mass is 32.2. The maximum Gasteiger partial charge on any atom is 0.498 e. The highest BCUT2D eigenvalue weighted by molar-refractivity contribution is 7.90. The number of benzene rings is 2. The van der Waals surface area contributed by atoms with Gasteiger partial charge in [-0.2, -0.15) is 4.22 Å². The van der Waals surface area contributed by atoms with Gasteiger partial charge >= 0.3 is 13.6 Å². The van der Waals surface area contributed by atoms with Crippen LogP contribution in [0.1, 0.15) is 13.8 Å². The first-order chi connectivity index (χ1) is 10.4. The Kier molecular flexibility index (Phi) is 3.70. The fraction of sp³-hybridized carbons (Fsp3) is 0.267. The van der Waals surface area contributed by atoms with E-state index < -0.39 is 22.0 Å². The fourth-order valence-electron chi connectivity index (χ4n) is 2.56. The quantitative estimate of drug-likeness (QED) is 0.812. The van der Waals surface area contributed by atoms with E-state index in [-0.39, 0.29) is 10.8 Å². The maximum absolute atomic E-state index is 12.8. The molecule has 1 radical (unpaired) electrons. The van der Waals surface area contributed by atoms with Crippen LogP contribution in [0.2, 0.25) is 0 Å². The highest BCUT2D eigenvalue weighted by Gasteiger charge is 2.46. The number of hydrogen-bond acceptors (Lipinski definition) is 4. The Bertz CT molecular complexity index is 834. The summed E-state index contributed by atoms with van der Waals surface area (Å²) < 4.78 is 31.4. The summed E-state index contributed by atoms with van der Waals surface area (Å²) in [5.74, 6) is -0.721. The lowest BCUT2D eigenvalue weighted by atomic mass is 10.0. The number of hydrogen-bond donors (Lipinski definition) is 0. The second-order valence-electron chi connectivity index (χ2n) is 5.58. The molecular formula is C15H15BNO4S. The zero-order chi connectivity index (χ0) is 15.9. The minimum atomic E-state index is -3.83. The van der Waals surface area contributed by atoms with Crippen molar-refractivity contribution in [2.45, 2.75) is 24.8 Å². The number of nitrogens with zero attached hydrogens (tertiary/aromatic N) is 1. The third kappa shape index (κ3) is 2.40. The van der Waals surface area contributed by atoms with Crippen LogP contribution >= 0.6 is 0 Å². The molecule has 2 aromatic carbocycles. The monoisotopic (exact) mass is 316 g/mol. The van der Waals surface area contributed by atoms with E-state index in [2.05, 4.69) is 0 Å². The van der Waals surface area contributed by atoms with Crippen molar-refractivity contribution in [3.05, 3.63) is 42.5 Å². The Morgan fingerprint density at radius 2 is 1.82 bits per heavy atom. The fourth-order valence-corrected chi connectivity index (χ4v) is 4.11. The Labute approximate surface area is 130 Å². The van der Waals surface area contributed by atoms with Crippen LogP contribution in [0.25, 0.3) is 10.8 Å². The molecule has 22 heavy (non-hydrogen) atoms. The lowest BCUT2D eigenvalue weighted by molar-refractivity contribution is -0.135. The summed E-state index contributed by atoms with van der Waals surface area (Å²) in [5.41, 5.74) is 0. The topological polar surface area (TPSA) is 63.7 Å². The zero-order valence-corrected chi connectivity index (χ0v) is 13.1. The van der Waals surface area contributed by atoms with E-state index in [4.69, 9.17) is 4.65 Å². The van der Waals surface area contributed by atoms with Gasteiger partial charge in [0, 0.05) is 0 Å². The van der Waals surface area contributed by atoms with E-state index in [0.717, 1.165) is 22.6 Å². The molecule has 0 N–H and O–H groups in total. The number of fused-ring (bicyclic) bond motifs is 1. The lowest BCUT2D eigenvalue weighted by Gasteiger charge is -2.22. The van der Waals surface area contributed by atoms with E-state index in [1.807, 2.05) is 24.3 Å². The van der Waals surface area contributed by atoms with Gasteiger partial charge in [0.15, 0.2) is 0 Å². The predicted molar refractivity (Wildman–Crippen MR) is 83.4 cm³/mol. The molecule has 1 heterocycles. The maximum atomic E-state index is 12.8.